The van der Waals surface area contributed by atoms with E-state index in [1.807, 2.05) is 18.2 Å². The highest BCUT2D eigenvalue weighted by atomic mass is 35.5. The van der Waals surface area contributed by atoms with Gasteiger partial charge in [0.25, 0.3) is 0 Å². The zero-order chi connectivity index (χ0) is 13.7. The number of likely N-dealkylation sites (N-methyl/N-ethyl adjacent to an activating group) is 1. The van der Waals surface area contributed by atoms with Crippen LogP contribution in [0.25, 0.3) is 0 Å². The van der Waals surface area contributed by atoms with E-state index >= 15 is 0 Å². The Bertz CT molecular complexity index is 519. The van der Waals surface area contributed by atoms with Crippen LogP contribution in [0.15, 0.2) is 48.5 Å². The van der Waals surface area contributed by atoms with Crippen LogP contribution >= 0.6 is 11.6 Å². The predicted molar refractivity (Wildman–Crippen MR) is 82.8 cm³/mol. The third-order valence-corrected chi connectivity index (χ3v) is 3.50. The van der Waals surface area contributed by atoms with E-state index in [0.29, 0.717) is 6.04 Å². The molecule has 0 aliphatic rings. The molecule has 0 bridgehead atoms. The Hall–Kier alpha value is -1.31. The van der Waals surface area contributed by atoms with Crippen LogP contribution in [-0.4, -0.2) is 6.54 Å². The molecule has 0 aliphatic carbocycles. The highest BCUT2D eigenvalue weighted by Crippen LogP contribution is 2.21. The molecule has 0 amide bonds. The lowest BCUT2D eigenvalue weighted by Gasteiger charge is -2.19. The van der Waals surface area contributed by atoms with Gasteiger partial charge in [-0.1, -0.05) is 60.5 Å². The molecule has 0 saturated heterocycles. The smallest absolute Gasteiger partial charge is 0.0409 e. The van der Waals surface area contributed by atoms with Crippen molar-refractivity contribution in [2.45, 2.75) is 26.3 Å². The van der Waals surface area contributed by atoms with E-state index in [1.54, 1.807) is 0 Å². The maximum absolute atomic E-state index is 6.09. The fourth-order valence-corrected chi connectivity index (χ4v) is 2.44. The average Bonchev–Trinajstić information content (AvgIpc) is 2.41. The van der Waals surface area contributed by atoms with Gasteiger partial charge in [0, 0.05) is 11.1 Å². The lowest BCUT2D eigenvalue weighted by Crippen LogP contribution is -2.22. The Balaban J connectivity index is 2.18. The van der Waals surface area contributed by atoms with Gasteiger partial charge in [0.15, 0.2) is 0 Å². The molecule has 0 aromatic heterocycles. The number of rotatable bonds is 5. The van der Waals surface area contributed by atoms with Gasteiger partial charge in [0.1, 0.15) is 0 Å². The van der Waals surface area contributed by atoms with E-state index in [1.165, 1.54) is 16.7 Å². The molecule has 19 heavy (non-hydrogen) atoms. The van der Waals surface area contributed by atoms with Gasteiger partial charge >= 0.3 is 0 Å². The van der Waals surface area contributed by atoms with Gasteiger partial charge in [-0.25, -0.2) is 0 Å². The Morgan fingerprint density at radius 1 is 1.11 bits per heavy atom. The van der Waals surface area contributed by atoms with Gasteiger partial charge in [0.2, 0.25) is 0 Å². The van der Waals surface area contributed by atoms with Gasteiger partial charge in [-0.15, -0.1) is 0 Å². The van der Waals surface area contributed by atoms with E-state index in [4.69, 9.17) is 11.6 Å². The number of halogens is 1. The van der Waals surface area contributed by atoms with Crippen molar-refractivity contribution in [3.63, 3.8) is 0 Å². The quantitative estimate of drug-likeness (QED) is 0.843. The van der Waals surface area contributed by atoms with Crippen LogP contribution in [0.2, 0.25) is 5.02 Å². The molecule has 2 aromatic rings. The number of aryl methyl sites for hydroxylation is 1. The predicted octanol–water partition coefficient (Wildman–Crippen LogP) is 4.54. The first-order valence-electron chi connectivity index (χ1n) is 6.73. The minimum atomic E-state index is 0.311. The highest BCUT2D eigenvalue weighted by Gasteiger charge is 2.11. The lowest BCUT2D eigenvalue weighted by molar-refractivity contribution is 0.550. The zero-order valence-electron chi connectivity index (χ0n) is 11.5. The summed E-state index contributed by atoms with van der Waals surface area (Å²) < 4.78 is 0. The zero-order valence-corrected chi connectivity index (χ0v) is 12.2. The van der Waals surface area contributed by atoms with Gasteiger partial charge in [0.05, 0.1) is 0 Å². The fourth-order valence-electron chi connectivity index (χ4n) is 2.24. The molecule has 2 aromatic carbocycles. The number of hydrogen-bond donors (Lipinski definition) is 1. The standard InChI is InChI=1S/C17H20ClN/c1-3-19-17(15-5-4-6-16(18)12-15)11-14-9-7-13(2)8-10-14/h4-10,12,17,19H,3,11H2,1-2H3. The van der Waals surface area contributed by atoms with Crippen molar-refractivity contribution in [1.82, 2.24) is 5.32 Å². The third-order valence-electron chi connectivity index (χ3n) is 3.26. The molecule has 0 fully saturated rings. The molecule has 0 saturated carbocycles. The first-order chi connectivity index (χ1) is 9.19. The molecule has 2 heteroatoms. The summed E-state index contributed by atoms with van der Waals surface area (Å²) in [6.45, 7) is 5.19. The number of nitrogens with one attached hydrogen (secondary N) is 1. The van der Waals surface area contributed by atoms with Gasteiger partial charge in [-0.05, 0) is 43.1 Å². The topological polar surface area (TPSA) is 12.0 Å². The Morgan fingerprint density at radius 3 is 2.47 bits per heavy atom. The molecule has 1 atom stereocenters. The van der Waals surface area contributed by atoms with Crippen molar-refractivity contribution in [3.8, 4) is 0 Å². The molecule has 1 N–H and O–H groups in total. The maximum atomic E-state index is 6.09. The van der Waals surface area contributed by atoms with Crippen LogP contribution in [0.1, 0.15) is 29.7 Å². The largest absolute Gasteiger partial charge is 0.310 e. The van der Waals surface area contributed by atoms with Crippen molar-refractivity contribution < 1.29 is 0 Å². The molecule has 0 spiro atoms. The van der Waals surface area contributed by atoms with Crippen LogP contribution in [0, 0.1) is 6.92 Å². The monoisotopic (exact) mass is 273 g/mol. The number of benzene rings is 2. The van der Waals surface area contributed by atoms with Crippen molar-refractivity contribution in [3.05, 3.63) is 70.2 Å². The molecule has 1 nitrogen and oxygen atoms in total. The van der Waals surface area contributed by atoms with Crippen LogP contribution in [0.4, 0.5) is 0 Å². The lowest BCUT2D eigenvalue weighted by atomic mass is 9.98. The molecule has 0 heterocycles. The highest BCUT2D eigenvalue weighted by molar-refractivity contribution is 6.30. The normalized spacial score (nSPS) is 12.4. The molecule has 0 aliphatic heterocycles. The average molecular weight is 274 g/mol. The summed E-state index contributed by atoms with van der Waals surface area (Å²) in [7, 11) is 0. The molecule has 1 unspecified atom stereocenters. The van der Waals surface area contributed by atoms with Crippen molar-refractivity contribution in [1.29, 1.82) is 0 Å². The fraction of sp³-hybridized carbons (Fsp3) is 0.294. The summed E-state index contributed by atoms with van der Waals surface area (Å²) in [5, 5.41) is 4.33. The molecule has 100 valence electrons. The molecule has 0 radical (unpaired) electrons. The Morgan fingerprint density at radius 2 is 1.84 bits per heavy atom. The number of hydrogen-bond acceptors (Lipinski definition) is 1. The SMILES string of the molecule is CCNC(Cc1ccc(C)cc1)c1cccc(Cl)c1. The first kappa shape index (κ1) is 14.1. The van der Waals surface area contributed by atoms with E-state index in [2.05, 4.69) is 49.5 Å². The van der Waals surface area contributed by atoms with Crippen LogP contribution in [0.3, 0.4) is 0 Å². The van der Waals surface area contributed by atoms with Crippen molar-refractivity contribution in [2.75, 3.05) is 6.54 Å². The first-order valence-corrected chi connectivity index (χ1v) is 7.11. The van der Waals surface area contributed by atoms with Gasteiger partial charge in [-0.3, -0.25) is 0 Å². The maximum Gasteiger partial charge on any atom is 0.0409 e. The summed E-state index contributed by atoms with van der Waals surface area (Å²) in [6, 6.07) is 17.1. The summed E-state index contributed by atoms with van der Waals surface area (Å²) >= 11 is 6.09. The van der Waals surface area contributed by atoms with Crippen LogP contribution in [-0.2, 0) is 6.42 Å². The summed E-state index contributed by atoms with van der Waals surface area (Å²) in [5.74, 6) is 0. The Kier molecular flexibility index (Phi) is 5.00. The molecular formula is C17H20ClN. The molecular weight excluding hydrogens is 254 g/mol. The van der Waals surface area contributed by atoms with Gasteiger partial charge in [-0.2, -0.15) is 0 Å². The summed E-state index contributed by atoms with van der Waals surface area (Å²) in [6.07, 6.45) is 0.981. The van der Waals surface area contributed by atoms with Crippen molar-refractivity contribution in [2.24, 2.45) is 0 Å². The second-order valence-corrected chi connectivity index (χ2v) is 5.29. The minimum Gasteiger partial charge on any atom is -0.310 e. The second-order valence-electron chi connectivity index (χ2n) is 4.85. The third kappa shape index (κ3) is 4.09. The Labute approximate surface area is 120 Å². The minimum absolute atomic E-state index is 0.311. The van der Waals surface area contributed by atoms with Crippen LogP contribution in [0.5, 0.6) is 0 Å². The summed E-state index contributed by atoms with van der Waals surface area (Å²) in [4.78, 5) is 0. The summed E-state index contributed by atoms with van der Waals surface area (Å²) in [5.41, 5.74) is 3.89. The van der Waals surface area contributed by atoms with E-state index < -0.39 is 0 Å². The van der Waals surface area contributed by atoms with Crippen molar-refractivity contribution >= 4 is 11.6 Å². The molecule has 2 rings (SSSR count). The second kappa shape index (κ2) is 6.74. The van der Waals surface area contributed by atoms with E-state index in [-0.39, 0.29) is 0 Å². The van der Waals surface area contributed by atoms with Gasteiger partial charge < -0.3 is 5.32 Å². The van der Waals surface area contributed by atoms with E-state index in [0.717, 1.165) is 18.0 Å². The van der Waals surface area contributed by atoms with E-state index in [9.17, 15) is 0 Å². The van der Waals surface area contributed by atoms with Crippen LogP contribution < -0.4 is 5.32 Å².